The molecule has 0 saturated carbocycles. The van der Waals surface area contributed by atoms with Gasteiger partial charge in [0.05, 0.1) is 34.8 Å². The molecule has 9 nitrogen and oxygen atoms in total. The van der Waals surface area contributed by atoms with Crippen molar-refractivity contribution < 1.29 is 32.4 Å². The second-order valence-corrected chi connectivity index (χ2v) is 8.33. The predicted octanol–water partition coefficient (Wildman–Crippen LogP) is 5.53. The van der Waals surface area contributed by atoms with E-state index in [-0.39, 0.29) is 24.5 Å². The number of hydrogen-bond donors (Lipinski definition) is 2. The van der Waals surface area contributed by atoms with Gasteiger partial charge in [0.15, 0.2) is 11.5 Å². The number of halogens is 4. The second-order valence-electron chi connectivity index (χ2n) is 7.47. The van der Waals surface area contributed by atoms with Gasteiger partial charge in [-0.2, -0.15) is 18.3 Å². The Balaban J connectivity index is 1.57. The van der Waals surface area contributed by atoms with Crippen molar-refractivity contribution in [1.29, 1.82) is 0 Å². The van der Waals surface area contributed by atoms with E-state index in [1.807, 2.05) is 0 Å². The van der Waals surface area contributed by atoms with Crippen LogP contribution < -0.4 is 20.2 Å². The molecule has 37 heavy (non-hydrogen) atoms. The van der Waals surface area contributed by atoms with Crippen LogP contribution >= 0.6 is 15.9 Å². The molecule has 0 aliphatic carbocycles. The summed E-state index contributed by atoms with van der Waals surface area (Å²) in [5, 5.41) is 17.2. The Bertz CT molecular complexity index is 1300. The van der Waals surface area contributed by atoms with Gasteiger partial charge >= 0.3 is 6.18 Å². The van der Waals surface area contributed by atoms with Crippen molar-refractivity contribution in [3.63, 3.8) is 0 Å². The first-order valence-corrected chi connectivity index (χ1v) is 11.3. The van der Waals surface area contributed by atoms with E-state index in [1.54, 1.807) is 24.3 Å². The maximum absolute atomic E-state index is 12.8. The molecular weight excluding hydrogens is 561 g/mol. The molecule has 13 heteroatoms. The number of hydrazone groups is 1. The number of non-ortho nitro benzene ring substituents is 1. The number of benzene rings is 3. The van der Waals surface area contributed by atoms with Crippen LogP contribution in [0.3, 0.4) is 0 Å². The van der Waals surface area contributed by atoms with E-state index in [2.05, 4.69) is 31.8 Å². The van der Waals surface area contributed by atoms with Crippen molar-refractivity contribution in [3.05, 3.63) is 91.9 Å². The Morgan fingerprint density at radius 3 is 2.54 bits per heavy atom. The second kappa shape index (κ2) is 12.2. The zero-order valence-electron chi connectivity index (χ0n) is 19.2. The highest BCUT2D eigenvalue weighted by Gasteiger charge is 2.30. The summed E-state index contributed by atoms with van der Waals surface area (Å²) in [6, 6.07) is 13.7. The van der Waals surface area contributed by atoms with Gasteiger partial charge in [0.25, 0.3) is 11.6 Å². The molecule has 0 radical (unpaired) electrons. The summed E-state index contributed by atoms with van der Waals surface area (Å²) in [6.07, 6.45) is -3.12. The van der Waals surface area contributed by atoms with E-state index in [9.17, 15) is 28.1 Å². The lowest BCUT2D eigenvalue weighted by atomic mass is 10.2. The zero-order valence-corrected chi connectivity index (χ0v) is 20.8. The highest BCUT2D eigenvalue weighted by atomic mass is 79.9. The highest BCUT2D eigenvalue weighted by Crippen LogP contribution is 2.37. The zero-order chi connectivity index (χ0) is 27.0. The van der Waals surface area contributed by atoms with Crippen molar-refractivity contribution >= 4 is 39.4 Å². The van der Waals surface area contributed by atoms with Crippen LogP contribution in [-0.4, -0.2) is 30.7 Å². The molecule has 3 aromatic rings. The summed E-state index contributed by atoms with van der Waals surface area (Å²) in [5.41, 5.74) is 2.85. The van der Waals surface area contributed by atoms with E-state index in [0.717, 1.165) is 12.1 Å². The highest BCUT2D eigenvalue weighted by molar-refractivity contribution is 9.10. The van der Waals surface area contributed by atoms with Crippen LogP contribution in [0, 0.1) is 10.1 Å². The summed E-state index contributed by atoms with van der Waals surface area (Å²) in [4.78, 5) is 22.3. The van der Waals surface area contributed by atoms with Crippen LogP contribution in [0.1, 0.15) is 16.7 Å². The quantitative estimate of drug-likeness (QED) is 0.185. The number of nitrogens with zero attached hydrogens (tertiary/aromatic N) is 2. The maximum atomic E-state index is 12.8. The van der Waals surface area contributed by atoms with Crippen LogP contribution in [0.4, 0.5) is 24.5 Å². The number of methoxy groups -OCH3 is 1. The number of nitro groups is 1. The number of ether oxygens (including phenoxy) is 2. The van der Waals surface area contributed by atoms with Crippen LogP contribution in [0.2, 0.25) is 0 Å². The number of carbonyl (C=O) groups is 1. The molecule has 0 saturated heterocycles. The number of alkyl halides is 3. The van der Waals surface area contributed by atoms with Crippen molar-refractivity contribution in [3.8, 4) is 11.5 Å². The van der Waals surface area contributed by atoms with Gasteiger partial charge in [0.2, 0.25) is 0 Å². The standard InChI is InChI=1S/C24H20BrF3N4O5/c1-36-21-10-16(9-20(25)23(21)37-14-15-5-7-19(8-6-15)32(34)35)12-30-31-22(33)13-29-18-4-2-3-17(11-18)24(26,27)28/h2-12,29H,13-14H2,1H3,(H,31,33)/b30-12-. The average molecular weight is 581 g/mol. The average Bonchev–Trinajstić information content (AvgIpc) is 2.86. The monoisotopic (exact) mass is 580 g/mol. The summed E-state index contributed by atoms with van der Waals surface area (Å²) >= 11 is 3.40. The van der Waals surface area contributed by atoms with Crippen LogP contribution in [0.15, 0.2) is 70.2 Å². The molecular formula is C24H20BrF3N4O5. The fourth-order valence-electron chi connectivity index (χ4n) is 3.03. The van der Waals surface area contributed by atoms with Gasteiger partial charge < -0.3 is 14.8 Å². The van der Waals surface area contributed by atoms with E-state index in [1.165, 1.54) is 37.6 Å². The van der Waals surface area contributed by atoms with Gasteiger partial charge in [0.1, 0.15) is 6.61 Å². The lowest BCUT2D eigenvalue weighted by molar-refractivity contribution is -0.384. The van der Waals surface area contributed by atoms with Gasteiger partial charge in [0, 0.05) is 17.8 Å². The predicted molar refractivity (Wildman–Crippen MR) is 134 cm³/mol. The molecule has 0 spiro atoms. The first kappa shape index (κ1) is 27.5. The van der Waals surface area contributed by atoms with E-state index >= 15 is 0 Å². The maximum Gasteiger partial charge on any atom is 0.416 e. The first-order valence-electron chi connectivity index (χ1n) is 10.5. The van der Waals surface area contributed by atoms with Crippen molar-refractivity contribution in [2.45, 2.75) is 12.8 Å². The number of rotatable bonds is 10. The third kappa shape index (κ3) is 7.93. The first-order chi connectivity index (χ1) is 17.6. The minimum atomic E-state index is -4.48. The fraction of sp³-hybridized carbons (Fsp3) is 0.167. The molecule has 194 valence electrons. The van der Waals surface area contributed by atoms with Crippen LogP contribution in [0.25, 0.3) is 0 Å². The lowest BCUT2D eigenvalue weighted by Gasteiger charge is -2.13. The number of amides is 1. The van der Waals surface area contributed by atoms with E-state index in [4.69, 9.17) is 9.47 Å². The molecule has 0 atom stereocenters. The molecule has 0 aliphatic heterocycles. The number of nitrogens with one attached hydrogen (secondary N) is 2. The Morgan fingerprint density at radius 1 is 1.16 bits per heavy atom. The number of anilines is 1. The SMILES string of the molecule is COc1cc(/C=N\NC(=O)CNc2cccc(C(F)(F)F)c2)cc(Br)c1OCc1ccc([N+](=O)[O-])cc1. The Hall–Kier alpha value is -4.13. The molecule has 0 fully saturated rings. The van der Waals surface area contributed by atoms with Gasteiger partial charge in [-0.3, -0.25) is 14.9 Å². The van der Waals surface area contributed by atoms with Crippen LogP contribution in [0.5, 0.6) is 11.5 Å². The van der Waals surface area contributed by atoms with E-state index in [0.29, 0.717) is 27.1 Å². The van der Waals surface area contributed by atoms with Crippen molar-refractivity contribution in [1.82, 2.24) is 5.43 Å². The Labute approximate surface area is 217 Å². The summed E-state index contributed by atoms with van der Waals surface area (Å²) in [5.74, 6) is 0.199. The smallest absolute Gasteiger partial charge is 0.416 e. The molecule has 2 N–H and O–H groups in total. The fourth-order valence-corrected chi connectivity index (χ4v) is 3.60. The van der Waals surface area contributed by atoms with Gasteiger partial charge in [-0.05, 0) is 69.5 Å². The molecule has 3 rings (SSSR count). The molecule has 0 unspecified atom stereocenters. The topological polar surface area (TPSA) is 115 Å². The molecule has 3 aromatic carbocycles. The lowest BCUT2D eigenvalue weighted by Crippen LogP contribution is -2.26. The number of hydrogen-bond acceptors (Lipinski definition) is 7. The van der Waals surface area contributed by atoms with Gasteiger partial charge in [-0.25, -0.2) is 5.43 Å². The van der Waals surface area contributed by atoms with E-state index < -0.39 is 22.6 Å². The third-order valence-corrected chi connectivity index (χ3v) is 5.42. The minimum absolute atomic E-state index is 0.0234. The van der Waals surface area contributed by atoms with Crippen molar-refractivity contribution in [2.75, 3.05) is 19.0 Å². The summed E-state index contributed by atoms with van der Waals surface area (Å²) < 4.78 is 50.1. The number of carbonyl (C=O) groups excluding carboxylic acids is 1. The molecule has 0 heterocycles. The Kier molecular flexibility index (Phi) is 9.06. The number of nitro benzene ring substituents is 1. The van der Waals surface area contributed by atoms with Crippen LogP contribution in [-0.2, 0) is 17.6 Å². The van der Waals surface area contributed by atoms with Crippen molar-refractivity contribution in [2.24, 2.45) is 5.10 Å². The normalized spacial score (nSPS) is 11.3. The molecule has 1 amide bonds. The third-order valence-electron chi connectivity index (χ3n) is 4.83. The molecule has 0 aromatic heterocycles. The minimum Gasteiger partial charge on any atom is -0.493 e. The summed E-state index contributed by atoms with van der Waals surface area (Å²) in [6.45, 7) is -0.156. The van der Waals surface area contributed by atoms with Gasteiger partial charge in [-0.15, -0.1) is 0 Å². The molecule has 0 aliphatic rings. The Morgan fingerprint density at radius 2 is 1.89 bits per heavy atom. The molecule has 0 bridgehead atoms. The largest absolute Gasteiger partial charge is 0.493 e. The van der Waals surface area contributed by atoms with Gasteiger partial charge in [-0.1, -0.05) is 6.07 Å². The summed E-state index contributed by atoms with van der Waals surface area (Å²) in [7, 11) is 1.45.